The average molecular weight is 402 g/mol. The van der Waals surface area contributed by atoms with E-state index in [4.69, 9.17) is 0 Å². The summed E-state index contributed by atoms with van der Waals surface area (Å²) in [4.78, 5) is 18.7. The lowest BCUT2D eigenvalue weighted by Gasteiger charge is -2.25. The van der Waals surface area contributed by atoms with Gasteiger partial charge in [-0.3, -0.25) is 4.79 Å². The number of nitrogens with zero attached hydrogens (tertiary/aromatic N) is 4. The highest BCUT2D eigenvalue weighted by Crippen LogP contribution is 2.24. The van der Waals surface area contributed by atoms with Crippen LogP contribution in [-0.2, 0) is 4.79 Å². The van der Waals surface area contributed by atoms with Gasteiger partial charge in [-0.05, 0) is 42.8 Å². The summed E-state index contributed by atoms with van der Waals surface area (Å²) in [5.74, 6) is -1.27. The van der Waals surface area contributed by atoms with Crippen molar-refractivity contribution in [1.29, 1.82) is 0 Å². The summed E-state index contributed by atoms with van der Waals surface area (Å²) in [6.07, 6.45) is 3.40. The molecular formula is C20H20F2N4OS. The van der Waals surface area contributed by atoms with E-state index < -0.39 is 11.6 Å². The molecule has 0 aliphatic heterocycles. The Kier molecular flexibility index (Phi) is 6.41. The zero-order valence-corrected chi connectivity index (χ0v) is 16.4. The molecule has 0 aliphatic rings. The number of rotatable bonds is 7. The molecule has 0 radical (unpaired) electrons. The van der Waals surface area contributed by atoms with Crippen LogP contribution >= 0.6 is 11.8 Å². The molecule has 1 amide bonds. The lowest BCUT2D eigenvalue weighted by Crippen LogP contribution is -2.29. The summed E-state index contributed by atoms with van der Waals surface area (Å²) in [6.45, 7) is 1.96. The van der Waals surface area contributed by atoms with Crippen molar-refractivity contribution in [1.82, 2.24) is 19.7 Å². The summed E-state index contributed by atoms with van der Waals surface area (Å²) in [5.41, 5.74) is 1.90. The second-order valence-electron chi connectivity index (χ2n) is 6.29. The minimum atomic E-state index is -0.878. The SMILES string of the molecule is C[C@H](c1ccc(-n2cncn2)cc1)N(C)C(=O)CCSc1ccc(F)c(F)c1. The van der Waals surface area contributed by atoms with Gasteiger partial charge in [-0.25, -0.2) is 18.4 Å². The molecule has 146 valence electrons. The predicted molar refractivity (Wildman–Crippen MR) is 104 cm³/mol. The molecule has 1 atom stereocenters. The van der Waals surface area contributed by atoms with Crippen molar-refractivity contribution in [3.63, 3.8) is 0 Å². The van der Waals surface area contributed by atoms with E-state index in [2.05, 4.69) is 10.1 Å². The molecule has 0 N–H and O–H groups in total. The minimum Gasteiger partial charge on any atom is -0.339 e. The Bertz CT molecular complexity index is 932. The van der Waals surface area contributed by atoms with Gasteiger partial charge >= 0.3 is 0 Å². The van der Waals surface area contributed by atoms with Gasteiger partial charge < -0.3 is 4.90 Å². The Morgan fingerprint density at radius 2 is 1.93 bits per heavy atom. The lowest BCUT2D eigenvalue weighted by atomic mass is 10.1. The van der Waals surface area contributed by atoms with Crippen LogP contribution in [0.1, 0.15) is 24.9 Å². The van der Waals surface area contributed by atoms with E-state index in [9.17, 15) is 13.6 Å². The summed E-state index contributed by atoms with van der Waals surface area (Å²) < 4.78 is 27.9. The smallest absolute Gasteiger partial charge is 0.223 e. The van der Waals surface area contributed by atoms with Gasteiger partial charge in [0, 0.05) is 24.1 Å². The maximum Gasteiger partial charge on any atom is 0.223 e. The number of benzene rings is 2. The first-order valence-electron chi connectivity index (χ1n) is 8.74. The largest absolute Gasteiger partial charge is 0.339 e. The molecule has 28 heavy (non-hydrogen) atoms. The Hall–Kier alpha value is -2.74. The number of carbonyl (C=O) groups excluding carboxylic acids is 1. The fraction of sp³-hybridized carbons (Fsp3) is 0.250. The van der Waals surface area contributed by atoms with Gasteiger partial charge in [0.1, 0.15) is 12.7 Å². The van der Waals surface area contributed by atoms with Crippen molar-refractivity contribution in [3.05, 3.63) is 72.3 Å². The Labute approximate surface area is 166 Å². The fourth-order valence-electron chi connectivity index (χ4n) is 2.69. The first-order chi connectivity index (χ1) is 13.5. The van der Waals surface area contributed by atoms with Crippen molar-refractivity contribution in [2.75, 3.05) is 12.8 Å². The number of thioether (sulfide) groups is 1. The number of aromatic nitrogens is 3. The van der Waals surface area contributed by atoms with Gasteiger partial charge in [-0.1, -0.05) is 12.1 Å². The molecule has 1 heterocycles. The molecule has 0 fully saturated rings. The monoisotopic (exact) mass is 402 g/mol. The highest BCUT2D eigenvalue weighted by Gasteiger charge is 2.17. The second-order valence-corrected chi connectivity index (χ2v) is 7.45. The first-order valence-corrected chi connectivity index (χ1v) is 9.72. The van der Waals surface area contributed by atoms with Crippen molar-refractivity contribution in [2.24, 2.45) is 0 Å². The molecule has 8 heteroatoms. The maximum atomic E-state index is 13.2. The summed E-state index contributed by atoms with van der Waals surface area (Å²) in [5, 5.41) is 4.09. The van der Waals surface area contributed by atoms with Gasteiger partial charge in [0.25, 0.3) is 0 Å². The normalized spacial score (nSPS) is 12.0. The molecule has 0 aliphatic carbocycles. The van der Waals surface area contributed by atoms with E-state index in [1.807, 2.05) is 31.2 Å². The van der Waals surface area contributed by atoms with Crippen LogP contribution in [0.4, 0.5) is 8.78 Å². The van der Waals surface area contributed by atoms with Crippen LogP contribution in [0.25, 0.3) is 5.69 Å². The van der Waals surface area contributed by atoms with Gasteiger partial charge in [-0.15, -0.1) is 11.8 Å². The van der Waals surface area contributed by atoms with Crippen LogP contribution in [-0.4, -0.2) is 38.4 Å². The van der Waals surface area contributed by atoms with E-state index in [-0.39, 0.29) is 11.9 Å². The van der Waals surface area contributed by atoms with Crippen molar-refractivity contribution in [3.8, 4) is 5.69 Å². The second kappa shape index (κ2) is 8.97. The Morgan fingerprint density at radius 1 is 1.18 bits per heavy atom. The Balaban J connectivity index is 1.54. The quantitative estimate of drug-likeness (QED) is 0.555. The van der Waals surface area contributed by atoms with Gasteiger partial charge in [0.05, 0.1) is 11.7 Å². The highest BCUT2D eigenvalue weighted by molar-refractivity contribution is 7.99. The number of carbonyl (C=O) groups is 1. The van der Waals surface area contributed by atoms with Gasteiger partial charge in [-0.2, -0.15) is 5.10 Å². The van der Waals surface area contributed by atoms with Crippen LogP contribution in [0.2, 0.25) is 0 Å². The zero-order chi connectivity index (χ0) is 20.1. The van der Waals surface area contributed by atoms with E-state index in [1.54, 1.807) is 23.0 Å². The molecule has 3 aromatic rings. The van der Waals surface area contributed by atoms with Crippen molar-refractivity contribution in [2.45, 2.75) is 24.3 Å². The molecule has 1 aromatic heterocycles. The minimum absolute atomic E-state index is 0.0112. The maximum absolute atomic E-state index is 13.2. The molecule has 0 unspecified atom stereocenters. The number of halogens is 2. The molecule has 0 saturated carbocycles. The summed E-state index contributed by atoms with van der Waals surface area (Å²) in [7, 11) is 1.76. The van der Waals surface area contributed by atoms with Gasteiger partial charge in [0.15, 0.2) is 11.6 Å². The van der Waals surface area contributed by atoms with Crippen molar-refractivity contribution < 1.29 is 13.6 Å². The third-order valence-corrected chi connectivity index (χ3v) is 5.50. The summed E-state index contributed by atoms with van der Waals surface area (Å²) in [6, 6.07) is 11.4. The standard InChI is InChI=1S/C20H20F2N4OS/c1-14(15-3-5-16(6-4-15)26-13-23-12-24-26)25(2)20(27)9-10-28-17-7-8-18(21)19(22)11-17/h3-8,11-14H,9-10H2,1-2H3/t14-/m1/s1. The van der Waals surface area contributed by atoms with E-state index >= 15 is 0 Å². The molecule has 2 aromatic carbocycles. The molecular weight excluding hydrogens is 382 g/mol. The number of hydrogen-bond acceptors (Lipinski definition) is 4. The topological polar surface area (TPSA) is 51.0 Å². The van der Waals surface area contributed by atoms with E-state index in [0.29, 0.717) is 17.1 Å². The van der Waals surface area contributed by atoms with Crippen molar-refractivity contribution >= 4 is 17.7 Å². The zero-order valence-electron chi connectivity index (χ0n) is 15.5. The average Bonchev–Trinajstić information content (AvgIpc) is 3.24. The fourth-order valence-corrected chi connectivity index (χ4v) is 3.55. The number of hydrogen-bond donors (Lipinski definition) is 0. The van der Waals surface area contributed by atoms with Crippen LogP contribution in [0, 0.1) is 11.6 Å². The molecule has 0 spiro atoms. The molecule has 0 saturated heterocycles. The van der Waals surface area contributed by atoms with Crippen LogP contribution in [0.3, 0.4) is 0 Å². The third-order valence-electron chi connectivity index (χ3n) is 4.51. The molecule has 5 nitrogen and oxygen atoms in total. The van der Waals surface area contributed by atoms with Gasteiger partial charge in [0.2, 0.25) is 5.91 Å². The number of amides is 1. The molecule has 3 rings (SSSR count). The Morgan fingerprint density at radius 3 is 2.57 bits per heavy atom. The highest BCUT2D eigenvalue weighted by atomic mass is 32.2. The van der Waals surface area contributed by atoms with Crippen LogP contribution in [0.15, 0.2) is 60.0 Å². The van der Waals surface area contributed by atoms with Crippen LogP contribution < -0.4 is 0 Å². The first kappa shape index (κ1) is 20.0. The van der Waals surface area contributed by atoms with E-state index in [0.717, 1.165) is 23.4 Å². The van der Waals surface area contributed by atoms with Crippen LogP contribution in [0.5, 0.6) is 0 Å². The lowest BCUT2D eigenvalue weighted by molar-refractivity contribution is -0.131. The summed E-state index contributed by atoms with van der Waals surface area (Å²) >= 11 is 1.33. The van der Waals surface area contributed by atoms with E-state index in [1.165, 1.54) is 24.2 Å². The third kappa shape index (κ3) is 4.75. The predicted octanol–water partition coefficient (Wildman–Crippen LogP) is 4.25. The molecule has 0 bridgehead atoms.